The van der Waals surface area contributed by atoms with Crippen molar-refractivity contribution >= 4 is 28.8 Å². The summed E-state index contributed by atoms with van der Waals surface area (Å²) in [6, 6.07) is 9.35. The Morgan fingerprint density at radius 3 is 2.23 bits per heavy atom. The second-order valence-electron chi connectivity index (χ2n) is 4.29. The highest BCUT2D eigenvalue weighted by molar-refractivity contribution is 6.30. The van der Waals surface area contributed by atoms with Gasteiger partial charge in [0.2, 0.25) is 0 Å². The first-order chi connectivity index (χ1) is 10.4. The van der Waals surface area contributed by atoms with Gasteiger partial charge in [-0.05, 0) is 36.4 Å². The second kappa shape index (κ2) is 6.62. The molecule has 1 aromatic carbocycles. The van der Waals surface area contributed by atoms with Crippen LogP contribution in [0.3, 0.4) is 0 Å². The molecule has 1 heterocycles. The van der Waals surface area contributed by atoms with E-state index in [1.54, 1.807) is 24.3 Å². The maximum absolute atomic E-state index is 12.5. The number of carbonyl (C=O) groups is 1. The van der Waals surface area contributed by atoms with Gasteiger partial charge >= 0.3 is 6.18 Å². The van der Waals surface area contributed by atoms with E-state index >= 15 is 0 Å². The molecule has 3 nitrogen and oxygen atoms in total. The Balaban J connectivity index is 2.36. The van der Waals surface area contributed by atoms with Crippen LogP contribution in [0.4, 0.5) is 18.9 Å². The summed E-state index contributed by atoms with van der Waals surface area (Å²) >= 11 is 5.76. The van der Waals surface area contributed by atoms with Crippen molar-refractivity contribution in [3.8, 4) is 0 Å². The van der Waals surface area contributed by atoms with Gasteiger partial charge in [-0.3, -0.25) is 9.78 Å². The summed E-state index contributed by atoms with van der Waals surface area (Å²) in [4.78, 5) is 15.0. The lowest BCUT2D eigenvalue weighted by molar-refractivity contribution is -0.165. The van der Waals surface area contributed by atoms with Gasteiger partial charge in [0.25, 0.3) is 5.78 Å². The highest BCUT2D eigenvalue weighted by Crippen LogP contribution is 2.23. The fraction of sp³-hybridized carbons (Fsp3) is 0.0667. The maximum atomic E-state index is 12.5. The molecule has 0 saturated heterocycles. The van der Waals surface area contributed by atoms with Crippen molar-refractivity contribution in [1.29, 1.82) is 0 Å². The SMILES string of the molecule is O=C(/C=C(\Nc1ccc(Cl)cc1)c1ccncc1)C(F)(F)F. The van der Waals surface area contributed by atoms with Crippen LogP contribution in [-0.4, -0.2) is 16.9 Å². The third-order valence-corrected chi connectivity index (χ3v) is 2.92. The highest BCUT2D eigenvalue weighted by atomic mass is 35.5. The molecule has 1 aromatic heterocycles. The number of anilines is 1. The molecule has 2 rings (SSSR count). The lowest BCUT2D eigenvalue weighted by Gasteiger charge is -2.12. The van der Waals surface area contributed by atoms with Crippen molar-refractivity contribution in [2.75, 3.05) is 5.32 Å². The maximum Gasteiger partial charge on any atom is 0.454 e. The number of rotatable bonds is 4. The average Bonchev–Trinajstić information content (AvgIpc) is 2.48. The van der Waals surface area contributed by atoms with Gasteiger partial charge in [-0.1, -0.05) is 11.6 Å². The first-order valence-corrected chi connectivity index (χ1v) is 6.50. The van der Waals surface area contributed by atoms with Crippen molar-refractivity contribution in [3.05, 3.63) is 65.5 Å². The monoisotopic (exact) mass is 326 g/mol. The van der Waals surface area contributed by atoms with E-state index in [-0.39, 0.29) is 5.70 Å². The molecule has 0 fully saturated rings. The zero-order valence-electron chi connectivity index (χ0n) is 11.1. The van der Waals surface area contributed by atoms with Gasteiger partial charge in [-0.2, -0.15) is 13.2 Å². The topological polar surface area (TPSA) is 42.0 Å². The predicted octanol–water partition coefficient (Wildman–Crippen LogP) is 4.32. The first kappa shape index (κ1) is 16.0. The van der Waals surface area contributed by atoms with E-state index in [1.165, 1.54) is 24.5 Å². The molecule has 0 radical (unpaired) electrons. The van der Waals surface area contributed by atoms with E-state index in [2.05, 4.69) is 10.3 Å². The number of pyridine rings is 1. The van der Waals surface area contributed by atoms with E-state index in [9.17, 15) is 18.0 Å². The van der Waals surface area contributed by atoms with Gasteiger partial charge in [0.1, 0.15) is 0 Å². The van der Waals surface area contributed by atoms with Gasteiger partial charge in [-0.15, -0.1) is 0 Å². The van der Waals surface area contributed by atoms with Crippen molar-refractivity contribution < 1.29 is 18.0 Å². The summed E-state index contributed by atoms with van der Waals surface area (Å²) < 4.78 is 37.4. The Labute approximate surface area is 129 Å². The number of carbonyl (C=O) groups excluding carboxylic acids is 1. The van der Waals surface area contributed by atoms with E-state index < -0.39 is 12.0 Å². The standard InChI is InChI=1S/C15H10ClF3N2O/c16-11-1-3-12(4-2-11)21-13(9-14(22)15(17,18)19)10-5-7-20-8-6-10/h1-9,21H/b13-9-. The van der Waals surface area contributed by atoms with Crippen molar-refractivity contribution in [1.82, 2.24) is 4.98 Å². The van der Waals surface area contributed by atoms with Crippen LogP contribution in [0.5, 0.6) is 0 Å². The number of hydrogen-bond acceptors (Lipinski definition) is 3. The van der Waals surface area contributed by atoms with Crippen molar-refractivity contribution in [3.63, 3.8) is 0 Å². The highest BCUT2D eigenvalue weighted by Gasteiger charge is 2.36. The summed E-state index contributed by atoms with van der Waals surface area (Å²) in [6.07, 6.45) is -1.57. The Kier molecular flexibility index (Phi) is 4.82. The molecule has 22 heavy (non-hydrogen) atoms. The van der Waals surface area contributed by atoms with Crippen molar-refractivity contribution in [2.24, 2.45) is 0 Å². The Hall–Kier alpha value is -2.34. The number of nitrogens with one attached hydrogen (secondary N) is 1. The molecule has 114 valence electrons. The second-order valence-corrected chi connectivity index (χ2v) is 4.72. The molecule has 0 aliphatic heterocycles. The Morgan fingerprint density at radius 2 is 1.68 bits per heavy atom. The zero-order chi connectivity index (χ0) is 16.2. The lowest BCUT2D eigenvalue weighted by Crippen LogP contribution is -2.21. The predicted molar refractivity (Wildman–Crippen MR) is 78.4 cm³/mol. The van der Waals surface area contributed by atoms with Gasteiger partial charge < -0.3 is 5.32 Å². The number of allylic oxidation sites excluding steroid dienone is 1. The fourth-order valence-electron chi connectivity index (χ4n) is 1.62. The third-order valence-electron chi connectivity index (χ3n) is 2.67. The molecule has 0 unspecified atom stereocenters. The molecule has 0 spiro atoms. The molecule has 0 aliphatic carbocycles. The van der Waals surface area contributed by atoms with E-state index in [4.69, 9.17) is 11.6 Å². The number of nitrogens with zero attached hydrogens (tertiary/aromatic N) is 1. The molecule has 0 saturated carbocycles. The minimum atomic E-state index is -4.93. The minimum Gasteiger partial charge on any atom is -0.355 e. The molecule has 2 aromatic rings. The number of alkyl halides is 3. The van der Waals surface area contributed by atoms with Crippen molar-refractivity contribution in [2.45, 2.75) is 6.18 Å². The zero-order valence-corrected chi connectivity index (χ0v) is 11.8. The first-order valence-electron chi connectivity index (χ1n) is 6.12. The molecule has 7 heteroatoms. The summed E-state index contributed by atoms with van der Waals surface area (Å²) in [5.41, 5.74) is 0.928. The van der Waals surface area contributed by atoms with Crippen LogP contribution in [0.25, 0.3) is 5.70 Å². The summed E-state index contributed by atoms with van der Waals surface area (Å²) in [5.74, 6) is -1.94. The van der Waals surface area contributed by atoms with Crippen LogP contribution in [0.2, 0.25) is 5.02 Å². The number of ketones is 1. The fourth-order valence-corrected chi connectivity index (χ4v) is 1.75. The minimum absolute atomic E-state index is 0.0204. The Bertz CT molecular complexity index is 682. The van der Waals surface area contributed by atoms with Crippen LogP contribution in [0.1, 0.15) is 5.56 Å². The lowest BCUT2D eigenvalue weighted by atomic mass is 10.1. The molecular formula is C15H10ClF3N2O. The molecule has 0 amide bonds. The van der Waals surface area contributed by atoms with Gasteiger partial charge in [0.15, 0.2) is 0 Å². The molecule has 0 bridgehead atoms. The number of hydrogen-bond donors (Lipinski definition) is 1. The number of aromatic nitrogens is 1. The quantitative estimate of drug-likeness (QED) is 0.851. The van der Waals surface area contributed by atoms with E-state index in [0.29, 0.717) is 22.3 Å². The largest absolute Gasteiger partial charge is 0.454 e. The molecule has 0 atom stereocenters. The van der Waals surface area contributed by atoms with Gasteiger partial charge in [0.05, 0.1) is 0 Å². The Morgan fingerprint density at radius 1 is 1.09 bits per heavy atom. The van der Waals surface area contributed by atoms with Gasteiger partial charge in [-0.25, -0.2) is 0 Å². The van der Waals surface area contributed by atoms with E-state index in [1.807, 2.05) is 0 Å². The van der Waals surface area contributed by atoms with E-state index in [0.717, 1.165) is 0 Å². The average molecular weight is 327 g/mol. The normalized spacial score (nSPS) is 12.1. The van der Waals surface area contributed by atoms with Crippen LogP contribution in [-0.2, 0) is 4.79 Å². The smallest absolute Gasteiger partial charge is 0.355 e. The molecule has 1 N–H and O–H groups in total. The number of benzene rings is 1. The molecular weight excluding hydrogens is 317 g/mol. The van der Waals surface area contributed by atoms with Crippen LogP contribution in [0, 0.1) is 0 Å². The molecule has 0 aliphatic rings. The third kappa shape index (κ3) is 4.33. The number of halogens is 4. The van der Waals surface area contributed by atoms with Crippen LogP contribution >= 0.6 is 11.6 Å². The van der Waals surface area contributed by atoms with Crippen LogP contribution < -0.4 is 5.32 Å². The summed E-state index contributed by atoms with van der Waals surface area (Å²) in [6.45, 7) is 0. The summed E-state index contributed by atoms with van der Waals surface area (Å²) in [5, 5.41) is 3.27. The summed E-state index contributed by atoms with van der Waals surface area (Å²) in [7, 11) is 0. The van der Waals surface area contributed by atoms with Gasteiger partial charge in [0, 0.05) is 40.4 Å². The van der Waals surface area contributed by atoms with Crippen LogP contribution in [0.15, 0.2) is 54.9 Å².